The summed E-state index contributed by atoms with van der Waals surface area (Å²) in [5.74, 6) is -1.21. The molecule has 1 N–H and O–H groups in total. The molecule has 5 aromatic rings. The normalized spacial score (nSPS) is 15.8. The van der Waals surface area contributed by atoms with Crippen molar-refractivity contribution in [2.45, 2.75) is 22.7 Å². The number of carbonyl (C=O) groups is 2. The minimum atomic E-state index is -1.04. The highest BCUT2D eigenvalue weighted by Crippen LogP contribution is 2.45. The van der Waals surface area contributed by atoms with E-state index in [1.807, 2.05) is 30.3 Å². The summed E-state index contributed by atoms with van der Waals surface area (Å²) in [5, 5.41) is 20.0. The fourth-order valence-electron chi connectivity index (χ4n) is 4.92. The second kappa shape index (κ2) is 13.3. The number of rotatable bonds is 10. The first kappa shape index (κ1) is 30.0. The molecule has 4 aromatic carbocycles. The molecule has 1 aliphatic rings. The number of Topliss-reactive ketones (excluding diaryl/α,β-unsaturated/α-hetero) is 1. The predicted octanol–water partition coefficient (Wildman–Crippen LogP) is 7.18. The van der Waals surface area contributed by atoms with Crippen LogP contribution in [0.15, 0.2) is 113 Å². The van der Waals surface area contributed by atoms with Crippen molar-refractivity contribution in [3.8, 4) is 11.5 Å². The average Bonchev–Trinajstić information content (AvgIpc) is 3.65. The molecule has 0 aliphatic carbocycles. The number of benzene rings is 4. The lowest BCUT2D eigenvalue weighted by Gasteiger charge is -2.23. The Kier molecular flexibility index (Phi) is 8.90. The smallest absolute Gasteiger partial charge is 0.301 e. The van der Waals surface area contributed by atoms with Crippen molar-refractivity contribution in [2.75, 3.05) is 12.0 Å². The number of thioether (sulfide) groups is 1. The fourth-order valence-corrected chi connectivity index (χ4v) is 6.77. The number of halogens is 1. The number of aliphatic hydroxyl groups is 1. The van der Waals surface area contributed by atoms with Gasteiger partial charge in [0.05, 0.1) is 18.7 Å². The zero-order valence-electron chi connectivity index (χ0n) is 23.9. The quantitative estimate of drug-likeness (QED) is 0.0564. The summed E-state index contributed by atoms with van der Waals surface area (Å²) in [7, 11) is 1.50. The van der Waals surface area contributed by atoms with Gasteiger partial charge in [0.1, 0.15) is 18.2 Å². The van der Waals surface area contributed by atoms with Gasteiger partial charge in [0.25, 0.3) is 5.78 Å². The first-order valence-electron chi connectivity index (χ1n) is 13.9. The molecule has 0 bridgehead atoms. The third kappa shape index (κ3) is 6.31. The highest BCUT2D eigenvalue weighted by molar-refractivity contribution is 8.00. The van der Waals surface area contributed by atoms with Crippen molar-refractivity contribution >= 4 is 45.7 Å². The molecule has 8 nitrogen and oxygen atoms in total. The number of hydrogen-bond acceptors (Lipinski definition) is 9. The van der Waals surface area contributed by atoms with E-state index in [9.17, 15) is 19.1 Å². The molecule has 1 unspecified atom stereocenters. The van der Waals surface area contributed by atoms with Crippen molar-refractivity contribution < 1.29 is 28.6 Å². The van der Waals surface area contributed by atoms with Crippen LogP contribution in [0.2, 0.25) is 0 Å². The van der Waals surface area contributed by atoms with Gasteiger partial charge in [-0.25, -0.2) is 4.39 Å². The summed E-state index contributed by atoms with van der Waals surface area (Å²) in [6, 6.07) is 28.7. The Morgan fingerprint density at radius 1 is 0.933 bits per heavy atom. The molecule has 1 amide bonds. The van der Waals surface area contributed by atoms with Crippen molar-refractivity contribution in [1.82, 2.24) is 10.2 Å². The molecule has 1 saturated heterocycles. The van der Waals surface area contributed by atoms with Gasteiger partial charge in [-0.3, -0.25) is 14.5 Å². The number of nitrogens with zero attached hydrogens (tertiary/aromatic N) is 3. The molecule has 0 saturated carbocycles. The number of hydrogen-bond donors (Lipinski definition) is 1. The first-order chi connectivity index (χ1) is 21.9. The van der Waals surface area contributed by atoms with E-state index in [2.05, 4.69) is 10.2 Å². The van der Waals surface area contributed by atoms with Crippen molar-refractivity contribution in [2.24, 2.45) is 0 Å². The van der Waals surface area contributed by atoms with Crippen molar-refractivity contribution in [3.05, 3.63) is 137 Å². The number of anilines is 1. The molecule has 1 atom stereocenters. The summed E-state index contributed by atoms with van der Waals surface area (Å²) in [6.07, 6.45) is 0. The summed E-state index contributed by atoms with van der Waals surface area (Å²) in [6.45, 7) is 0.307. The van der Waals surface area contributed by atoms with Gasteiger partial charge in [-0.15, -0.1) is 10.2 Å². The van der Waals surface area contributed by atoms with Crippen LogP contribution < -0.4 is 14.4 Å². The van der Waals surface area contributed by atoms with Crippen LogP contribution in [0.1, 0.15) is 28.3 Å². The second-order valence-electron chi connectivity index (χ2n) is 9.95. The molecule has 1 aromatic heterocycles. The van der Waals surface area contributed by atoms with Gasteiger partial charge in [0, 0.05) is 11.3 Å². The van der Waals surface area contributed by atoms with Gasteiger partial charge in [-0.05, 0) is 34.9 Å². The maximum Gasteiger partial charge on any atom is 0.301 e. The zero-order valence-corrected chi connectivity index (χ0v) is 25.6. The molecule has 11 heteroatoms. The van der Waals surface area contributed by atoms with Crippen molar-refractivity contribution in [1.29, 1.82) is 0 Å². The molecular weight excluding hydrogens is 614 g/mol. The fraction of sp³-hybridized carbons (Fsp3) is 0.118. The molecular formula is C34H26FN3O5S2. The van der Waals surface area contributed by atoms with E-state index < -0.39 is 17.7 Å². The zero-order chi connectivity index (χ0) is 31.3. The van der Waals surface area contributed by atoms with E-state index in [-0.39, 0.29) is 22.3 Å². The van der Waals surface area contributed by atoms with Gasteiger partial charge in [0.2, 0.25) is 5.13 Å². The van der Waals surface area contributed by atoms with Crippen LogP contribution in [0.5, 0.6) is 11.5 Å². The number of amides is 1. The maximum atomic E-state index is 14.2. The number of carbonyl (C=O) groups excluding carboxylic acids is 2. The Morgan fingerprint density at radius 3 is 2.38 bits per heavy atom. The van der Waals surface area contributed by atoms with E-state index in [0.29, 0.717) is 44.9 Å². The van der Waals surface area contributed by atoms with E-state index in [4.69, 9.17) is 9.47 Å². The number of methoxy groups -OCH3 is 1. The lowest BCUT2D eigenvalue weighted by atomic mass is 9.95. The van der Waals surface area contributed by atoms with Crippen LogP contribution in [0.4, 0.5) is 9.52 Å². The standard InChI is InChI=1S/C34H26FN3O5S2/c1-42-27-18-23(16-17-26(27)43-19-21-10-4-2-5-11-21)29-28(30(39)22-12-6-3-7-13-22)31(40)32(41)38(29)33-36-37-34(45-33)44-20-24-14-8-9-15-25(24)35/h2-18,29,39H,19-20H2,1H3/b30-28-. The third-order valence-corrected chi connectivity index (χ3v) is 9.25. The monoisotopic (exact) mass is 639 g/mol. The molecule has 0 radical (unpaired) electrons. The van der Waals surface area contributed by atoms with Crippen LogP contribution in [0.3, 0.4) is 0 Å². The summed E-state index contributed by atoms with van der Waals surface area (Å²) < 4.78 is 26.3. The minimum absolute atomic E-state index is 0.0954. The van der Waals surface area contributed by atoms with Crippen LogP contribution in [0.25, 0.3) is 5.76 Å². The van der Waals surface area contributed by atoms with Crippen LogP contribution in [0, 0.1) is 5.82 Å². The van der Waals surface area contributed by atoms with E-state index >= 15 is 0 Å². The predicted molar refractivity (Wildman–Crippen MR) is 171 cm³/mol. The van der Waals surface area contributed by atoms with E-state index in [1.54, 1.807) is 66.7 Å². The Balaban J connectivity index is 1.37. The molecule has 45 heavy (non-hydrogen) atoms. The topological polar surface area (TPSA) is 102 Å². The summed E-state index contributed by atoms with van der Waals surface area (Å²) in [5.41, 5.74) is 2.26. The van der Waals surface area contributed by atoms with Gasteiger partial charge >= 0.3 is 5.91 Å². The van der Waals surface area contributed by atoms with Crippen LogP contribution in [-0.2, 0) is 21.9 Å². The second-order valence-corrected chi connectivity index (χ2v) is 12.1. The number of ketones is 1. The van der Waals surface area contributed by atoms with Gasteiger partial charge in [-0.2, -0.15) is 0 Å². The molecule has 1 fully saturated rings. The lowest BCUT2D eigenvalue weighted by Crippen LogP contribution is -2.29. The van der Waals surface area contributed by atoms with Gasteiger partial charge in [-0.1, -0.05) is 108 Å². The van der Waals surface area contributed by atoms with Gasteiger partial charge in [0.15, 0.2) is 15.8 Å². The molecule has 0 spiro atoms. The summed E-state index contributed by atoms with van der Waals surface area (Å²) >= 11 is 2.36. The Bertz CT molecular complexity index is 1880. The average molecular weight is 640 g/mol. The Hall–Kier alpha value is -5.00. The summed E-state index contributed by atoms with van der Waals surface area (Å²) in [4.78, 5) is 28.4. The van der Waals surface area contributed by atoms with E-state index in [0.717, 1.165) is 16.9 Å². The highest BCUT2D eigenvalue weighted by Gasteiger charge is 2.48. The SMILES string of the molecule is COc1cc(C2/C(=C(/O)c3ccccc3)C(=O)C(=O)N2c2nnc(SCc3ccccc3F)s2)ccc1OCc1ccccc1. The first-order valence-corrected chi connectivity index (χ1v) is 15.7. The molecule has 2 heterocycles. The van der Waals surface area contributed by atoms with Crippen LogP contribution in [-0.4, -0.2) is 34.1 Å². The molecule has 1 aliphatic heterocycles. The largest absolute Gasteiger partial charge is 0.507 e. The Morgan fingerprint density at radius 2 is 1.64 bits per heavy atom. The molecule has 226 valence electrons. The third-order valence-electron chi connectivity index (χ3n) is 7.14. The molecule has 6 rings (SSSR count). The minimum Gasteiger partial charge on any atom is -0.507 e. The number of aromatic nitrogens is 2. The highest BCUT2D eigenvalue weighted by atomic mass is 32.2. The number of aliphatic hydroxyl groups excluding tert-OH is 1. The Labute approximate surface area is 266 Å². The number of ether oxygens (including phenoxy) is 2. The maximum absolute atomic E-state index is 14.2. The van der Waals surface area contributed by atoms with E-state index in [1.165, 1.54) is 29.8 Å². The van der Waals surface area contributed by atoms with Crippen molar-refractivity contribution in [3.63, 3.8) is 0 Å². The van der Waals surface area contributed by atoms with Gasteiger partial charge < -0.3 is 14.6 Å². The lowest BCUT2D eigenvalue weighted by molar-refractivity contribution is -0.132. The van der Waals surface area contributed by atoms with Crippen LogP contribution >= 0.6 is 23.1 Å².